The zero-order chi connectivity index (χ0) is 14.7. The molecule has 0 aromatic heterocycles. The summed E-state index contributed by atoms with van der Waals surface area (Å²) in [4.78, 5) is 12.0. The highest BCUT2D eigenvalue weighted by Crippen LogP contribution is 2.34. The third-order valence-corrected chi connectivity index (χ3v) is 3.78. The van der Waals surface area contributed by atoms with E-state index in [1.807, 2.05) is 42.5 Å². The molecule has 21 heavy (non-hydrogen) atoms. The number of methoxy groups -OCH3 is 1. The maximum absolute atomic E-state index is 12.0. The van der Waals surface area contributed by atoms with Crippen LogP contribution in [0.3, 0.4) is 0 Å². The Hall–Kier alpha value is -2.29. The van der Waals surface area contributed by atoms with Crippen LogP contribution in [-0.4, -0.2) is 12.9 Å². The van der Waals surface area contributed by atoms with Crippen molar-refractivity contribution in [1.82, 2.24) is 0 Å². The van der Waals surface area contributed by atoms with Gasteiger partial charge in [0, 0.05) is 12.0 Å². The van der Waals surface area contributed by atoms with Crippen molar-refractivity contribution in [2.75, 3.05) is 7.11 Å². The van der Waals surface area contributed by atoms with E-state index in [0.717, 1.165) is 29.5 Å². The van der Waals surface area contributed by atoms with Crippen molar-refractivity contribution in [3.05, 3.63) is 59.2 Å². The number of fused-ring (bicyclic) bond motifs is 1. The number of carbonyl (C=O) groups is 1. The summed E-state index contributed by atoms with van der Waals surface area (Å²) in [5.74, 6) is 1.53. The Morgan fingerprint density at radius 3 is 2.62 bits per heavy atom. The number of hydrogen-bond acceptors (Lipinski definition) is 3. The quantitative estimate of drug-likeness (QED) is 0.855. The first-order valence-corrected chi connectivity index (χ1v) is 7.19. The van der Waals surface area contributed by atoms with Crippen molar-refractivity contribution >= 4 is 5.78 Å². The molecule has 0 heterocycles. The van der Waals surface area contributed by atoms with E-state index in [9.17, 15) is 4.79 Å². The summed E-state index contributed by atoms with van der Waals surface area (Å²) < 4.78 is 11.3. The van der Waals surface area contributed by atoms with Crippen molar-refractivity contribution in [2.24, 2.45) is 0 Å². The summed E-state index contributed by atoms with van der Waals surface area (Å²) in [6.45, 7) is 0.462. The second-order valence-corrected chi connectivity index (χ2v) is 5.21. The smallest absolute Gasteiger partial charge is 0.163 e. The van der Waals surface area contributed by atoms with Gasteiger partial charge in [-0.15, -0.1) is 0 Å². The van der Waals surface area contributed by atoms with Crippen LogP contribution in [-0.2, 0) is 13.0 Å². The Labute approximate surface area is 124 Å². The minimum absolute atomic E-state index is 0.198. The number of ether oxygens (including phenoxy) is 2. The minimum atomic E-state index is 0.198. The van der Waals surface area contributed by atoms with Crippen molar-refractivity contribution in [1.29, 1.82) is 0 Å². The van der Waals surface area contributed by atoms with Crippen molar-refractivity contribution < 1.29 is 14.3 Å². The minimum Gasteiger partial charge on any atom is -0.493 e. The second kappa shape index (κ2) is 6.00. The van der Waals surface area contributed by atoms with Crippen molar-refractivity contribution in [2.45, 2.75) is 25.9 Å². The van der Waals surface area contributed by atoms with Gasteiger partial charge in [0.05, 0.1) is 7.11 Å². The molecule has 3 heteroatoms. The molecular formula is C18H18O3. The van der Waals surface area contributed by atoms with Gasteiger partial charge in [0.15, 0.2) is 17.3 Å². The molecule has 0 saturated heterocycles. The Bertz CT molecular complexity index is 647. The topological polar surface area (TPSA) is 35.5 Å². The first-order valence-electron chi connectivity index (χ1n) is 7.19. The van der Waals surface area contributed by atoms with E-state index in [4.69, 9.17) is 9.47 Å². The van der Waals surface area contributed by atoms with E-state index < -0.39 is 0 Å². The standard InChI is InChI=1S/C18H18O3/c1-20-17-10-14-8-5-9-16(19)15(14)11-18(17)21-12-13-6-3-2-4-7-13/h2-4,6-7,10-11H,5,8-9,12H2,1H3. The first-order chi connectivity index (χ1) is 10.3. The number of rotatable bonds is 4. The van der Waals surface area contributed by atoms with Gasteiger partial charge < -0.3 is 9.47 Å². The molecule has 0 N–H and O–H groups in total. The molecule has 2 aromatic carbocycles. The largest absolute Gasteiger partial charge is 0.493 e. The van der Waals surface area contributed by atoms with E-state index >= 15 is 0 Å². The van der Waals surface area contributed by atoms with Gasteiger partial charge in [-0.25, -0.2) is 0 Å². The van der Waals surface area contributed by atoms with Gasteiger partial charge in [0.2, 0.25) is 0 Å². The fourth-order valence-corrected chi connectivity index (χ4v) is 2.65. The molecule has 0 saturated carbocycles. The van der Waals surface area contributed by atoms with E-state index in [0.29, 0.717) is 24.5 Å². The van der Waals surface area contributed by atoms with E-state index in [2.05, 4.69) is 0 Å². The molecule has 3 rings (SSSR count). The summed E-state index contributed by atoms with van der Waals surface area (Å²) in [7, 11) is 1.63. The fraction of sp³-hybridized carbons (Fsp3) is 0.278. The second-order valence-electron chi connectivity index (χ2n) is 5.21. The zero-order valence-electron chi connectivity index (χ0n) is 12.1. The molecule has 0 aliphatic heterocycles. The lowest BCUT2D eigenvalue weighted by atomic mass is 9.90. The van der Waals surface area contributed by atoms with Crippen LogP contribution in [0.1, 0.15) is 34.3 Å². The van der Waals surface area contributed by atoms with Gasteiger partial charge in [-0.3, -0.25) is 4.79 Å². The summed E-state index contributed by atoms with van der Waals surface area (Å²) in [6.07, 6.45) is 2.47. The first kappa shape index (κ1) is 13.7. The van der Waals surface area contributed by atoms with Crippen molar-refractivity contribution in [3.63, 3.8) is 0 Å². The lowest BCUT2D eigenvalue weighted by Gasteiger charge is -2.18. The molecular weight excluding hydrogens is 264 g/mol. The molecule has 0 radical (unpaired) electrons. The molecule has 108 valence electrons. The Morgan fingerprint density at radius 1 is 1.05 bits per heavy atom. The number of ketones is 1. The van der Waals surface area contributed by atoms with Crippen molar-refractivity contribution in [3.8, 4) is 11.5 Å². The van der Waals surface area contributed by atoms with Gasteiger partial charge in [-0.1, -0.05) is 30.3 Å². The van der Waals surface area contributed by atoms with Gasteiger partial charge in [0.1, 0.15) is 6.61 Å². The molecule has 0 fully saturated rings. The van der Waals surface area contributed by atoms with Gasteiger partial charge in [-0.2, -0.15) is 0 Å². The molecule has 0 bridgehead atoms. The highest BCUT2D eigenvalue weighted by atomic mass is 16.5. The van der Waals surface area contributed by atoms with Crippen LogP contribution in [0, 0.1) is 0 Å². The molecule has 0 atom stereocenters. The highest BCUT2D eigenvalue weighted by molar-refractivity contribution is 5.99. The Kier molecular flexibility index (Phi) is 3.91. The number of aryl methyl sites for hydroxylation is 1. The van der Waals surface area contributed by atoms with E-state index in [1.54, 1.807) is 7.11 Å². The Balaban J connectivity index is 1.87. The average molecular weight is 282 g/mol. The lowest BCUT2D eigenvalue weighted by Crippen LogP contribution is -2.11. The van der Waals surface area contributed by atoms with Crippen LogP contribution in [0.4, 0.5) is 0 Å². The highest BCUT2D eigenvalue weighted by Gasteiger charge is 2.20. The third kappa shape index (κ3) is 2.92. The lowest BCUT2D eigenvalue weighted by molar-refractivity contribution is 0.0972. The number of Topliss-reactive ketones (excluding diaryl/α,β-unsaturated/α-hetero) is 1. The maximum Gasteiger partial charge on any atom is 0.163 e. The summed E-state index contributed by atoms with van der Waals surface area (Å²) >= 11 is 0. The van der Waals surface area contributed by atoms with Gasteiger partial charge >= 0.3 is 0 Å². The SMILES string of the molecule is COc1cc2c(cc1OCc1ccccc1)C(=O)CCC2. The molecule has 0 spiro atoms. The molecule has 1 aliphatic rings. The molecule has 3 nitrogen and oxygen atoms in total. The summed E-state index contributed by atoms with van der Waals surface area (Å²) in [5, 5.41) is 0. The monoisotopic (exact) mass is 282 g/mol. The summed E-state index contributed by atoms with van der Waals surface area (Å²) in [5.41, 5.74) is 2.93. The van der Waals surface area contributed by atoms with Crippen LogP contribution in [0.5, 0.6) is 11.5 Å². The normalized spacial score (nSPS) is 13.7. The molecule has 0 unspecified atom stereocenters. The number of hydrogen-bond donors (Lipinski definition) is 0. The number of benzene rings is 2. The van der Waals surface area contributed by atoms with Crippen LogP contribution < -0.4 is 9.47 Å². The maximum atomic E-state index is 12.0. The van der Waals surface area contributed by atoms with Crippen LogP contribution in [0.25, 0.3) is 0 Å². The predicted octanol–water partition coefficient (Wildman–Crippen LogP) is 3.79. The van der Waals surface area contributed by atoms with Crippen LogP contribution in [0.2, 0.25) is 0 Å². The predicted molar refractivity (Wildman–Crippen MR) is 81.0 cm³/mol. The number of carbonyl (C=O) groups excluding carboxylic acids is 1. The van der Waals surface area contributed by atoms with Gasteiger partial charge in [-0.05, 0) is 36.1 Å². The van der Waals surface area contributed by atoms with Crippen LogP contribution >= 0.6 is 0 Å². The molecule has 0 amide bonds. The summed E-state index contributed by atoms with van der Waals surface area (Å²) in [6, 6.07) is 13.7. The molecule has 1 aliphatic carbocycles. The van der Waals surface area contributed by atoms with E-state index in [-0.39, 0.29) is 5.78 Å². The van der Waals surface area contributed by atoms with Gasteiger partial charge in [0.25, 0.3) is 0 Å². The third-order valence-electron chi connectivity index (χ3n) is 3.78. The average Bonchev–Trinajstić information content (AvgIpc) is 2.53. The fourth-order valence-electron chi connectivity index (χ4n) is 2.65. The Morgan fingerprint density at radius 2 is 1.86 bits per heavy atom. The van der Waals surface area contributed by atoms with E-state index in [1.165, 1.54) is 0 Å². The van der Waals surface area contributed by atoms with Crippen LogP contribution in [0.15, 0.2) is 42.5 Å². The zero-order valence-corrected chi connectivity index (χ0v) is 12.1. The molecule has 2 aromatic rings.